The maximum Gasteiger partial charge on any atom is 0.0626 e. The Morgan fingerprint density at radius 1 is 1.10 bits per heavy atom. The summed E-state index contributed by atoms with van der Waals surface area (Å²) < 4.78 is 0. The summed E-state index contributed by atoms with van der Waals surface area (Å²) in [6.07, 6.45) is 1.10. The molecule has 20 heavy (non-hydrogen) atoms. The van der Waals surface area contributed by atoms with E-state index in [1.54, 1.807) is 0 Å². The van der Waals surface area contributed by atoms with Crippen molar-refractivity contribution in [1.82, 2.24) is 5.32 Å². The summed E-state index contributed by atoms with van der Waals surface area (Å²) in [5.41, 5.74) is 2.50. The van der Waals surface area contributed by atoms with Crippen LogP contribution in [-0.4, -0.2) is 17.5 Å². The van der Waals surface area contributed by atoms with Crippen LogP contribution in [0.5, 0.6) is 0 Å². The van der Waals surface area contributed by atoms with Gasteiger partial charge in [0.2, 0.25) is 0 Å². The Kier molecular flexibility index (Phi) is 4.41. The van der Waals surface area contributed by atoms with E-state index in [1.807, 2.05) is 30.0 Å². The van der Waals surface area contributed by atoms with Crippen molar-refractivity contribution < 1.29 is 5.11 Å². The molecule has 2 aromatic carbocycles. The minimum Gasteiger partial charge on any atom is -0.394 e. The lowest BCUT2D eigenvalue weighted by Gasteiger charge is -2.29. The molecule has 104 valence electrons. The van der Waals surface area contributed by atoms with E-state index in [9.17, 15) is 5.11 Å². The van der Waals surface area contributed by atoms with Crippen molar-refractivity contribution in [2.75, 3.05) is 12.4 Å². The number of nitrogens with one attached hydrogen (secondary N) is 1. The number of fused-ring (bicyclic) bond motifs is 1. The van der Waals surface area contributed by atoms with Crippen LogP contribution in [0.15, 0.2) is 59.5 Å². The molecule has 0 saturated carbocycles. The van der Waals surface area contributed by atoms with Gasteiger partial charge in [-0.3, -0.25) is 0 Å². The number of aliphatic hydroxyl groups excluding tert-OH is 1. The maximum atomic E-state index is 9.69. The molecule has 1 aliphatic heterocycles. The summed E-state index contributed by atoms with van der Waals surface area (Å²) in [4.78, 5) is 1.36. The van der Waals surface area contributed by atoms with Crippen molar-refractivity contribution in [1.29, 1.82) is 0 Å². The Morgan fingerprint density at radius 3 is 2.65 bits per heavy atom. The lowest BCUT2D eigenvalue weighted by atomic mass is 10.0. The molecule has 0 spiro atoms. The Balaban J connectivity index is 1.81. The van der Waals surface area contributed by atoms with E-state index < -0.39 is 0 Å². The first kappa shape index (κ1) is 13.7. The number of aliphatic hydroxyl groups is 1. The van der Waals surface area contributed by atoms with Gasteiger partial charge in [0.1, 0.15) is 0 Å². The third-order valence-corrected chi connectivity index (χ3v) is 4.87. The van der Waals surface area contributed by atoms with Crippen molar-refractivity contribution >= 4 is 11.8 Å². The fourth-order valence-corrected chi connectivity index (χ4v) is 3.82. The van der Waals surface area contributed by atoms with Crippen LogP contribution in [0.25, 0.3) is 0 Å². The molecule has 1 heterocycles. The first-order valence-electron chi connectivity index (χ1n) is 7.02. The van der Waals surface area contributed by atoms with E-state index >= 15 is 0 Å². The average Bonchev–Trinajstić information content (AvgIpc) is 2.53. The molecule has 3 heteroatoms. The summed E-state index contributed by atoms with van der Waals surface area (Å²) in [7, 11) is 0. The van der Waals surface area contributed by atoms with Crippen LogP contribution in [0.2, 0.25) is 0 Å². The monoisotopic (exact) mass is 285 g/mol. The molecule has 2 N–H and O–H groups in total. The summed E-state index contributed by atoms with van der Waals surface area (Å²) in [5.74, 6) is 1.13. The van der Waals surface area contributed by atoms with Gasteiger partial charge in [0.05, 0.1) is 12.6 Å². The van der Waals surface area contributed by atoms with Gasteiger partial charge in [-0.05, 0) is 29.4 Å². The standard InChI is InChI=1S/C17H19NOS/c19-12-16(13-6-2-1-3-7-13)18-15-10-11-20-17-9-5-4-8-14(15)17/h1-9,15-16,18-19H,10-12H2. The van der Waals surface area contributed by atoms with Crippen molar-refractivity contribution in [2.45, 2.75) is 23.4 Å². The first-order chi connectivity index (χ1) is 9.88. The van der Waals surface area contributed by atoms with Gasteiger partial charge >= 0.3 is 0 Å². The smallest absolute Gasteiger partial charge is 0.0626 e. The fourth-order valence-electron chi connectivity index (χ4n) is 2.70. The highest BCUT2D eigenvalue weighted by molar-refractivity contribution is 7.99. The summed E-state index contributed by atoms with van der Waals surface area (Å²) in [5, 5.41) is 13.3. The second-order valence-electron chi connectivity index (χ2n) is 5.04. The van der Waals surface area contributed by atoms with Crippen molar-refractivity contribution in [3.8, 4) is 0 Å². The van der Waals surface area contributed by atoms with Crippen LogP contribution in [0, 0.1) is 0 Å². The summed E-state index contributed by atoms with van der Waals surface area (Å²) in [6, 6.07) is 19.1. The van der Waals surface area contributed by atoms with Gasteiger partial charge in [-0.15, -0.1) is 11.8 Å². The van der Waals surface area contributed by atoms with Crippen molar-refractivity contribution in [2.24, 2.45) is 0 Å². The van der Waals surface area contributed by atoms with E-state index in [2.05, 4.69) is 41.7 Å². The van der Waals surface area contributed by atoms with E-state index in [1.165, 1.54) is 10.5 Å². The molecule has 0 saturated heterocycles. The Bertz CT molecular complexity index is 558. The van der Waals surface area contributed by atoms with Crippen LogP contribution >= 0.6 is 11.8 Å². The van der Waals surface area contributed by atoms with Crippen LogP contribution in [-0.2, 0) is 0 Å². The normalized spacial score (nSPS) is 19.4. The van der Waals surface area contributed by atoms with Crippen LogP contribution < -0.4 is 5.32 Å². The Morgan fingerprint density at radius 2 is 1.85 bits per heavy atom. The third kappa shape index (κ3) is 2.90. The molecule has 1 aliphatic rings. The second-order valence-corrected chi connectivity index (χ2v) is 6.18. The maximum absolute atomic E-state index is 9.69. The highest BCUT2D eigenvalue weighted by atomic mass is 32.2. The molecular formula is C17H19NOS. The zero-order valence-corrected chi connectivity index (χ0v) is 12.1. The van der Waals surface area contributed by atoms with Gasteiger partial charge in [0.15, 0.2) is 0 Å². The third-order valence-electron chi connectivity index (χ3n) is 3.75. The highest BCUT2D eigenvalue weighted by Gasteiger charge is 2.23. The van der Waals surface area contributed by atoms with Gasteiger partial charge in [0, 0.05) is 10.9 Å². The van der Waals surface area contributed by atoms with Gasteiger partial charge < -0.3 is 10.4 Å². The molecule has 2 nitrogen and oxygen atoms in total. The molecular weight excluding hydrogens is 266 g/mol. The van der Waals surface area contributed by atoms with E-state index in [0.29, 0.717) is 6.04 Å². The molecule has 0 fully saturated rings. The molecule has 0 amide bonds. The first-order valence-corrected chi connectivity index (χ1v) is 8.00. The second kappa shape index (κ2) is 6.44. The number of rotatable bonds is 4. The molecule has 0 aliphatic carbocycles. The fraction of sp³-hybridized carbons (Fsp3) is 0.294. The van der Waals surface area contributed by atoms with E-state index in [0.717, 1.165) is 17.7 Å². The SMILES string of the molecule is OCC(NC1CCSc2ccccc21)c1ccccc1. The number of thioether (sulfide) groups is 1. The molecule has 0 aromatic heterocycles. The van der Waals surface area contributed by atoms with Crippen LogP contribution in [0.1, 0.15) is 29.6 Å². The van der Waals surface area contributed by atoms with E-state index in [-0.39, 0.29) is 12.6 Å². The molecule has 3 rings (SSSR count). The average molecular weight is 285 g/mol. The topological polar surface area (TPSA) is 32.3 Å². The quantitative estimate of drug-likeness (QED) is 0.901. The predicted octanol–water partition coefficient (Wildman–Crippen LogP) is 3.55. The Labute approximate surface area is 124 Å². The predicted molar refractivity (Wildman–Crippen MR) is 83.9 cm³/mol. The number of hydrogen-bond acceptors (Lipinski definition) is 3. The minimum atomic E-state index is -0.00245. The molecule has 0 bridgehead atoms. The van der Waals surface area contributed by atoms with Crippen LogP contribution in [0.3, 0.4) is 0 Å². The van der Waals surface area contributed by atoms with E-state index in [4.69, 9.17) is 0 Å². The summed E-state index contributed by atoms with van der Waals surface area (Å²) >= 11 is 1.92. The van der Waals surface area contributed by atoms with Gasteiger partial charge in [0.25, 0.3) is 0 Å². The minimum absolute atomic E-state index is 0.00245. The van der Waals surface area contributed by atoms with Crippen molar-refractivity contribution in [3.05, 3.63) is 65.7 Å². The van der Waals surface area contributed by atoms with Gasteiger partial charge in [-0.1, -0.05) is 48.5 Å². The molecule has 2 unspecified atom stereocenters. The lowest BCUT2D eigenvalue weighted by Crippen LogP contribution is -2.30. The highest BCUT2D eigenvalue weighted by Crippen LogP contribution is 2.36. The van der Waals surface area contributed by atoms with Gasteiger partial charge in [-0.25, -0.2) is 0 Å². The largest absolute Gasteiger partial charge is 0.394 e. The van der Waals surface area contributed by atoms with Crippen molar-refractivity contribution in [3.63, 3.8) is 0 Å². The lowest BCUT2D eigenvalue weighted by molar-refractivity contribution is 0.231. The van der Waals surface area contributed by atoms with Crippen LogP contribution in [0.4, 0.5) is 0 Å². The molecule has 0 radical (unpaired) electrons. The zero-order valence-electron chi connectivity index (χ0n) is 11.3. The Hall–Kier alpha value is -1.29. The molecule has 2 atom stereocenters. The number of hydrogen-bond donors (Lipinski definition) is 2. The van der Waals surface area contributed by atoms with Gasteiger partial charge in [-0.2, -0.15) is 0 Å². The number of benzene rings is 2. The molecule has 2 aromatic rings. The zero-order chi connectivity index (χ0) is 13.8. The summed E-state index contributed by atoms with van der Waals surface area (Å²) in [6.45, 7) is 0.121.